The van der Waals surface area contributed by atoms with Gasteiger partial charge in [0.15, 0.2) is 0 Å². The molecule has 4 aliphatic carbocycles. The summed E-state index contributed by atoms with van der Waals surface area (Å²) in [5.41, 5.74) is 2.64. The van der Waals surface area contributed by atoms with Gasteiger partial charge in [0.05, 0.1) is 29.2 Å². The third kappa shape index (κ3) is 7.22. The van der Waals surface area contributed by atoms with Crippen molar-refractivity contribution in [1.29, 1.82) is 0 Å². The lowest BCUT2D eigenvalue weighted by Crippen LogP contribution is -2.38. The van der Waals surface area contributed by atoms with Gasteiger partial charge in [-0.1, -0.05) is 51.5 Å². The highest BCUT2D eigenvalue weighted by molar-refractivity contribution is 5.75. The zero-order valence-corrected chi connectivity index (χ0v) is 28.9. The standard InChI is InChI=1S/C39H59NO5/c1-8-9-12-30-24-40-35(44-30)39(20-21-39)34(45-36(43)37(4,5)6)18-13-25(2)31-16-17-32-27(11-10-19-38(31,32)7)14-15-28-22-29(41)23-33(42)26(28)3/h14-15,24-25,29,31-34,41-42H,3,8-13,16-23H2,1-2,4-7H3/t25-,29-,31-,32+,33+,34+,38-/m1/s1. The molecule has 0 radical (unpaired) electrons. The summed E-state index contributed by atoms with van der Waals surface area (Å²) >= 11 is 0. The van der Waals surface area contributed by atoms with Crippen molar-refractivity contribution in [2.45, 2.75) is 155 Å². The fourth-order valence-corrected chi connectivity index (χ4v) is 8.86. The van der Waals surface area contributed by atoms with Crippen molar-refractivity contribution in [2.75, 3.05) is 0 Å². The van der Waals surface area contributed by atoms with E-state index in [1.54, 1.807) is 0 Å². The van der Waals surface area contributed by atoms with E-state index in [1.165, 1.54) is 31.3 Å². The first-order valence-electron chi connectivity index (χ1n) is 17.9. The van der Waals surface area contributed by atoms with Crippen LogP contribution in [0.15, 0.2) is 46.1 Å². The fourth-order valence-electron chi connectivity index (χ4n) is 8.86. The maximum atomic E-state index is 13.2. The number of nitrogens with zero attached hydrogens (tertiary/aromatic N) is 1. The Labute approximate surface area is 271 Å². The number of rotatable bonds is 11. The molecule has 0 spiro atoms. The number of unbranched alkanes of at least 4 members (excludes halogenated alkanes) is 1. The molecule has 6 heteroatoms. The molecule has 1 heterocycles. The van der Waals surface area contributed by atoms with E-state index in [0.29, 0.717) is 30.6 Å². The molecule has 4 aliphatic rings. The van der Waals surface area contributed by atoms with E-state index < -0.39 is 17.6 Å². The first-order valence-corrected chi connectivity index (χ1v) is 17.9. The number of ether oxygens (including phenoxy) is 1. The minimum atomic E-state index is -0.653. The number of fused-ring (bicyclic) bond motifs is 1. The van der Waals surface area contributed by atoms with E-state index in [2.05, 4.69) is 39.5 Å². The van der Waals surface area contributed by atoms with Gasteiger partial charge in [0, 0.05) is 12.8 Å². The average Bonchev–Trinajstić information content (AvgIpc) is 3.50. The number of hydrogen-bond donors (Lipinski definition) is 2. The molecule has 0 unspecified atom stereocenters. The van der Waals surface area contributed by atoms with Crippen LogP contribution in [-0.4, -0.2) is 39.5 Å². The molecule has 250 valence electrons. The van der Waals surface area contributed by atoms with E-state index in [1.807, 2.05) is 27.0 Å². The smallest absolute Gasteiger partial charge is 0.311 e. The summed E-state index contributed by atoms with van der Waals surface area (Å²) in [5, 5.41) is 20.5. The van der Waals surface area contributed by atoms with Crippen LogP contribution in [0.4, 0.5) is 0 Å². The molecule has 4 fully saturated rings. The SMILES string of the molecule is C=C1C(=CC=C2CCC[C@]3(C)[C@@H]([C@H](C)CC[C@H](OC(=O)C(C)(C)C)C4(c5ncc(CCCC)o5)CC4)CC[C@@H]23)C[C@@H](O)C[C@@H]1O. The Kier molecular flexibility index (Phi) is 10.3. The van der Waals surface area contributed by atoms with Crippen molar-refractivity contribution in [2.24, 2.45) is 28.6 Å². The minimum Gasteiger partial charge on any atom is -0.461 e. The molecule has 0 amide bonds. The van der Waals surface area contributed by atoms with Crippen molar-refractivity contribution >= 4 is 5.97 Å². The number of esters is 1. The zero-order chi connectivity index (χ0) is 32.6. The maximum Gasteiger partial charge on any atom is 0.311 e. The number of carbonyl (C=O) groups excluding carboxylic acids is 1. The molecular weight excluding hydrogens is 562 g/mol. The molecule has 45 heavy (non-hydrogen) atoms. The van der Waals surface area contributed by atoms with Crippen molar-refractivity contribution in [3.63, 3.8) is 0 Å². The van der Waals surface area contributed by atoms with Gasteiger partial charge in [-0.25, -0.2) is 4.98 Å². The van der Waals surface area contributed by atoms with Crippen LogP contribution in [-0.2, 0) is 21.4 Å². The Hall–Kier alpha value is -2.18. The Morgan fingerprint density at radius 1 is 1.20 bits per heavy atom. The second kappa shape index (κ2) is 13.5. The van der Waals surface area contributed by atoms with Crippen LogP contribution in [0.25, 0.3) is 0 Å². The average molecular weight is 622 g/mol. The van der Waals surface area contributed by atoms with Crippen molar-refractivity contribution < 1.29 is 24.2 Å². The normalized spacial score (nSPS) is 32.8. The summed E-state index contributed by atoms with van der Waals surface area (Å²) < 4.78 is 12.7. The van der Waals surface area contributed by atoms with Gasteiger partial charge >= 0.3 is 5.97 Å². The van der Waals surface area contributed by atoms with Crippen LogP contribution in [0.5, 0.6) is 0 Å². The van der Waals surface area contributed by atoms with E-state index in [0.717, 1.165) is 74.2 Å². The molecule has 1 aromatic rings. The van der Waals surface area contributed by atoms with Crippen molar-refractivity contribution in [3.05, 3.63) is 53.3 Å². The van der Waals surface area contributed by atoms with Gasteiger partial charge in [-0.15, -0.1) is 0 Å². The number of aromatic nitrogens is 1. The van der Waals surface area contributed by atoms with Gasteiger partial charge in [0.2, 0.25) is 5.89 Å². The first kappa shape index (κ1) is 34.2. The number of aliphatic hydroxyl groups excluding tert-OH is 2. The summed E-state index contributed by atoms with van der Waals surface area (Å²) in [5.74, 6) is 3.24. The second-order valence-electron chi connectivity index (χ2n) is 16.3. The first-order chi connectivity index (χ1) is 21.3. The third-order valence-electron chi connectivity index (χ3n) is 11.9. The molecule has 6 nitrogen and oxygen atoms in total. The van der Waals surface area contributed by atoms with Crippen molar-refractivity contribution in [1.82, 2.24) is 4.98 Å². The third-order valence-corrected chi connectivity index (χ3v) is 11.9. The minimum absolute atomic E-state index is 0.144. The molecule has 2 N–H and O–H groups in total. The Balaban J connectivity index is 1.30. The quantitative estimate of drug-likeness (QED) is 0.241. The highest BCUT2D eigenvalue weighted by atomic mass is 16.5. The van der Waals surface area contributed by atoms with Crippen molar-refractivity contribution in [3.8, 4) is 0 Å². The highest BCUT2D eigenvalue weighted by Crippen LogP contribution is 2.60. The van der Waals surface area contributed by atoms with E-state index in [4.69, 9.17) is 14.1 Å². The lowest BCUT2D eigenvalue weighted by Gasteiger charge is -2.44. The molecule has 4 saturated carbocycles. The summed E-state index contributed by atoms with van der Waals surface area (Å²) in [7, 11) is 0. The molecule has 1 aromatic heterocycles. The Morgan fingerprint density at radius 2 is 1.96 bits per heavy atom. The van der Waals surface area contributed by atoms with Crippen LogP contribution in [0, 0.1) is 28.6 Å². The molecule has 0 aromatic carbocycles. The molecule has 5 rings (SSSR count). The van der Waals surface area contributed by atoms with Gasteiger partial charge in [0.1, 0.15) is 11.9 Å². The maximum absolute atomic E-state index is 13.2. The number of allylic oxidation sites excluding steroid dienone is 3. The number of carbonyl (C=O) groups is 1. The lowest BCUT2D eigenvalue weighted by molar-refractivity contribution is -0.161. The van der Waals surface area contributed by atoms with Gasteiger partial charge < -0.3 is 19.4 Å². The molecule has 0 aliphatic heterocycles. The summed E-state index contributed by atoms with van der Waals surface area (Å²) in [6.07, 6.45) is 18.7. The number of aryl methyl sites for hydroxylation is 1. The summed E-state index contributed by atoms with van der Waals surface area (Å²) in [6.45, 7) is 17.0. The van der Waals surface area contributed by atoms with E-state index in [-0.39, 0.29) is 22.9 Å². The predicted octanol–water partition coefficient (Wildman–Crippen LogP) is 8.56. The van der Waals surface area contributed by atoms with Crippen LogP contribution in [0.3, 0.4) is 0 Å². The number of oxazole rings is 1. The topological polar surface area (TPSA) is 92.8 Å². The monoisotopic (exact) mass is 621 g/mol. The van der Waals surface area contributed by atoms with Gasteiger partial charge in [-0.05, 0) is 126 Å². The van der Waals surface area contributed by atoms with E-state index >= 15 is 0 Å². The van der Waals surface area contributed by atoms with Crippen LogP contribution >= 0.6 is 0 Å². The lowest BCUT2D eigenvalue weighted by atomic mass is 9.60. The Bertz CT molecular complexity index is 1280. The van der Waals surface area contributed by atoms with E-state index in [9.17, 15) is 15.0 Å². The van der Waals surface area contributed by atoms with Crippen LogP contribution in [0.1, 0.15) is 137 Å². The van der Waals surface area contributed by atoms with Crippen LogP contribution in [0.2, 0.25) is 0 Å². The van der Waals surface area contributed by atoms with Gasteiger partial charge in [-0.2, -0.15) is 0 Å². The molecule has 0 saturated heterocycles. The number of hydrogen-bond acceptors (Lipinski definition) is 6. The fraction of sp³-hybridized carbons (Fsp3) is 0.744. The zero-order valence-electron chi connectivity index (χ0n) is 28.9. The predicted molar refractivity (Wildman–Crippen MR) is 178 cm³/mol. The molecular formula is C39H59NO5. The second-order valence-corrected chi connectivity index (χ2v) is 16.3. The summed E-state index contributed by atoms with van der Waals surface area (Å²) in [6, 6.07) is 0. The molecule has 7 atom stereocenters. The highest BCUT2D eigenvalue weighted by Gasteiger charge is 2.57. The largest absolute Gasteiger partial charge is 0.461 e. The Morgan fingerprint density at radius 3 is 2.64 bits per heavy atom. The van der Waals surface area contributed by atoms with Gasteiger partial charge in [0.25, 0.3) is 0 Å². The number of aliphatic hydroxyl groups is 2. The van der Waals surface area contributed by atoms with Crippen LogP contribution < -0.4 is 0 Å². The summed E-state index contributed by atoms with van der Waals surface area (Å²) in [4.78, 5) is 18.0. The van der Waals surface area contributed by atoms with Gasteiger partial charge in [-0.3, -0.25) is 4.79 Å². The molecule has 0 bridgehead atoms.